The van der Waals surface area contributed by atoms with Crippen molar-refractivity contribution in [2.75, 3.05) is 152 Å². The van der Waals surface area contributed by atoms with Crippen molar-refractivity contribution in [1.82, 2.24) is 27.8 Å². The number of morpholine rings is 3. The highest BCUT2D eigenvalue weighted by molar-refractivity contribution is 7.92. The van der Waals surface area contributed by atoms with Gasteiger partial charge in [0.2, 0.25) is 55.9 Å². The molecule has 0 unspecified atom stereocenters. The van der Waals surface area contributed by atoms with Crippen LogP contribution in [0.2, 0.25) is 0 Å². The summed E-state index contributed by atoms with van der Waals surface area (Å²) in [6.45, 7) is 12.0. The van der Waals surface area contributed by atoms with Gasteiger partial charge in [0.1, 0.15) is 34.3 Å². The normalized spacial score (nSPS) is 18.5. The van der Waals surface area contributed by atoms with Crippen LogP contribution in [0.3, 0.4) is 0 Å². The number of aryl methyl sites for hydroxylation is 1. The predicted octanol–water partition coefficient (Wildman–Crippen LogP) is 6.63. The molecule has 0 bridgehead atoms. The number of nitrogens with zero attached hydrogens (tertiary/aromatic N) is 9. The number of nitro groups is 3. The minimum absolute atomic E-state index is 0. The third-order valence-electron chi connectivity index (χ3n) is 19.9. The number of nitrogens with two attached hydrogens (primary N) is 3. The van der Waals surface area contributed by atoms with Gasteiger partial charge in [0.15, 0.2) is 15.6 Å². The molecule has 0 saturated carbocycles. The standard InChI is InChI=1S/C48H54F3N7O9S2.C12H18N4O7S2.C6H5FN2O4S.C6H14N2O3S.2H2S/c1-31-21-34(48(49,50)51)5-8-39(31)41-25-47(2,3)13-11-33(41)28-55-15-17-56(18-16-55)35-6-9-40(45(23-35)67-36-22-32-12-14-52-46(32)54-26-36)44(59)30-69(64,65)38-7-10-42(43(24-38)58(60)61)53-27-37-29-57(19-20-66-37)68(4,62)63;1-24(19,20)15-4-5-23-9(8-15)7-14-11-3-2-10(25(13,21)22)6-12(11)16(17)18;7-5-2-1-4(14(8,12)13)3-6(5)9(10)11;1-12(9,10)8-2-3-11-6(4-7)5-8;;/h5-10,12,14,21-24,26,37,53H,11,13,15-20,25,27-30H2,1-4H3,(H,52,54);2-3,6,9,14H,4-5,7-8H2,1H3,(H2,13,21,22);1-3H,(H2,8,12,13);6H,2-5,7H2,1H3;2*1H2/t37-;9-;;6-;;/m00.0../s1. The Morgan fingerprint density at radius 1 is 0.639 bits per heavy atom. The highest BCUT2D eigenvalue weighted by Gasteiger charge is 2.36. The van der Waals surface area contributed by atoms with E-state index in [1.165, 1.54) is 67.3 Å². The Morgan fingerprint density at radius 3 is 1.62 bits per heavy atom. The lowest BCUT2D eigenvalue weighted by molar-refractivity contribution is -0.387. The van der Waals surface area contributed by atoms with E-state index in [1.807, 2.05) is 0 Å². The minimum atomic E-state index is -4.45. The summed E-state index contributed by atoms with van der Waals surface area (Å²) in [5.74, 6) is -2.57. The largest absolute Gasteiger partial charge is 0.455 e. The van der Waals surface area contributed by atoms with Gasteiger partial charge < -0.3 is 45.2 Å². The van der Waals surface area contributed by atoms with Gasteiger partial charge in [-0.2, -0.15) is 57.5 Å². The number of nitrogens with one attached hydrogen (secondary N) is 3. The fourth-order valence-electron chi connectivity index (χ4n) is 13.5. The number of benzene rings is 5. The zero-order valence-electron chi connectivity index (χ0n) is 66.7. The lowest BCUT2D eigenvalue weighted by Crippen LogP contribution is -2.47. The number of carbonyl (C=O) groups is 1. The molecule has 2 aromatic heterocycles. The third-order valence-corrected chi connectivity index (χ3v) is 27.1. The lowest BCUT2D eigenvalue weighted by Gasteiger charge is -2.39. The van der Waals surface area contributed by atoms with Crippen LogP contribution in [0.5, 0.6) is 11.5 Å². The van der Waals surface area contributed by atoms with E-state index in [-0.39, 0.29) is 119 Å². The number of ether oxygens (including phenoxy) is 4. The second-order valence-electron chi connectivity index (χ2n) is 29.4. The number of hydrogen-bond donors (Lipinski definition) is 6. The molecule has 3 atom stereocenters. The van der Waals surface area contributed by atoms with Crippen molar-refractivity contribution in [3.05, 3.63) is 180 Å². The number of sulfonamides is 5. The third kappa shape index (κ3) is 27.7. The summed E-state index contributed by atoms with van der Waals surface area (Å²) in [5, 5.41) is 49.7. The molecule has 672 valence electrons. The molecule has 4 fully saturated rings. The number of sulfone groups is 1. The number of carbonyl (C=O) groups excluding carboxylic acids is 1. The highest BCUT2D eigenvalue weighted by Crippen LogP contribution is 2.45. The number of alkyl halides is 3. The van der Waals surface area contributed by atoms with Crippen LogP contribution in [0.4, 0.5) is 51.7 Å². The molecule has 4 aliphatic heterocycles. The lowest BCUT2D eigenvalue weighted by atomic mass is 9.72. The number of hydrogen-bond acceptors (Lipinski definition) is 29. The summed E-state index contributed by atoms with van der Waals surface area (Å²) >= 11 is 0. The topological polar surface area (TPSA) is 535 Å². The molecular weight excluding hydrogens is 1780 g/mol. The Morgan fingerprint density at radius 2 is 1.13 bits per heavy atom. The van der Waals surface area contributed by atoms with Gasteiger partial charge in [0.05, 0.1) is 104 Å². The average Bonchev–Trinajstić information content (AvgIpc) is 0.794. The molecule has 6 heterocycles. The summed E-state index contributed by atoms with van der Waals surface area (Å²) in [6.07, 6.45) is 3.44. The summed E-state index contributed by atoms with van der Waals surface area (Å²) < 4.78 is 221. The van der Waals surface area contributed by atoms with Crippen LogP contribution in [-0.4, -0.2) is 253 Å². The first-order valence-corrected chi connectivity index (χ1v) is 47.0. The zero-order chi connectivity index (χ0) is 88.4. The maximum absolute atomic E-state index is 14.1. The van der Waals surface area contributed by atoms with Gasteiger partial charge in [0, 0.05) is 133 Å². The molecule has 7 aromatic rings. The smallest absolute Gasteiger partial charge is 0.416 e. The predicted molar refractivity (Wildman–Crippen MR) is 456 cm³/mol. The fraction of sp³-hybridized carbons (Fsp3) is 0.444. The molecule has 5 aromatic carbocycles. The Bertz CT molecular complexity index is 5760. The maximum Gasteiger partial charge on any atom is 0.416 e. The number of H-pyrrole nitrogens is 1. The fourth-order valence-corrected chi connectivity index (χ4v) is 18.3. The van der Waals surface area contributed by atoms with Crippen molar-refractivity contribution in [2.45, 2.75) is 79.2 Å². The zero-order valence-corrected chi connectivity index (χ0v) is 73.6. The van der Waals surface area contributed by atoms with Gasteiger partial charge >= 0.3 is 11.9 Å². The molecule has 5 aliphatic rings. The number of aromatic amines is 1. The number of fused-ring (bicyclic) bond motifs is 1. The number of halogens is 4. The number of piperazine rings is 1. The second-order valence-corrected chi connectivity index (χ2v) is 40.5. The highest BCUT2D eigenvalue weighted by atomic mass is 32.2. The first-order valence-electron chi connectivity index (χ1n) is 36.7. The van der Waals surface area contributed by atoms with E-state index in [0.717, 1.165) is 78.2 Å². The minimum Gasteiger partial charge on any atom is -0.455 e. The Kier molecular flexibility index (Phi) is 34.1. The molecule has 0 radical (unpaired) electrons. The van der Waals surface area contributed by atoms with Crippen LogP contribution < -0.4 is 36.3 Å². The number of primary sulfonamides is 2. The van der Waals surface area contributed by atoms with Crippen LogP contribution in [0, 0.1) is 48.5 Å². The van der Waals surface area contributed by atoms with E-state index in [1.54, 1.807) is 43.5 Å². The molecular formula is C72H95F4N15O23S8. The van der Waals surface area contributed by atoms with Crippen LogP contribution in [-0.2, 0) is 80.3 Å². The van der Waals surface area contributed by atoms with Crippen molar-refractivity contribution in [2.24, 2.45) is 21.4 Å². The van der Waals surface area contributed by atoms with Gasteiger partial charge in [-0.3, -0.25) is 40.0 Å². The van der Waals surface area contributed by atoms with E-state index in [4.69, 9.17) is 35.0 Å². The van der Waals surface area contributed by atoms with Crippen molar-refractivity contribution >= 4 is 143 Å². The van der Waals surface area contributed by atoms with E-state index in [0.29, 0.717) is 88.1 Å². The van der Waals surface area contributed by atoms with E-state index < -0.39 is 143 Å². The SMILES string of the molecule is CS(=O)(=O)N1CCO[C@@H](CN)C1.CS(=O)(=O)N1CCO[C@@H](CNc2ccc(S(N)(=O)=O)cc2[N+](=O)[O-])C1.Cc1cc(C(F)(F)F)ccc1C1=C(CN2CCN(c3ccc(C(=O)CS(=O)(=O)c4ccc(NC[C@H]5CN(S(C)(=O)=O)CCO5)c([N+](=O)[O-])c4)c(Oc4cnc5[nH]ccc5c4)c3)CC2)CCC(C)(C)C1.NS(=O)(=O)c1ccc(F)c([N+](=O)[O-])c1.S.S. The number of allylic oxidation sites excluding steroid dienone is 1. The molecule has 0 amide bonds. The quantitative estimate of drug-likeness (QED) is 0.0151. The van der Waals surface area contributed by atoms with E-state index >= 15 is 0 Å². The van der Waals surface area contributed by atoms with E-state index in [9.17, 15) is 103 Å². The maximum atomic E-state index is 14.1. The van der Waals surface area contributed by atoms with Crippen molar-refractivity contribution in [1.29, 1.82) is 0 Å². The van der Waals surface area contributed by atoms with Crippen molar-refractivity contribution in [3.8, 4) is 11.5 Å². The molecule has 12 rings (SSSR count). The summed E-state index contributed by atoms with van der Waals surface area (Å²) in [7, 11) is -22.5. The van der Waals surface area contributed by atoms with Gasteiger partial charge in [0.25, 0.3) is 11.4 Å². The van der Waals surface area contributed by atoms with Crippen LogP contribution in [0.15, 0.2) is 136 Å². The Labute approximate surface area is 716 Å². The van der Waals surface area contributed by atoms with Gasteiger partial charge in [-0.25, -0.2) is 65.8 Å². The number of aromatic nitrogens is 2. The number of ketones is 1. The molecule has 9 N–H and O–H groups in total. The van der Waals surface area contributed by atoms with Gasteiger partial charge in [-0.1, -0.05) is 25.5 Å². The average molecular weight is 1870 g/mol. The first kappa shape index (κ1) is 100. The number of Topliss-reactive ketones (excluding diaryl/α,β-unsaturated/α-hetero) is 1. The molecule has 50 heteroatoms. The van der Waals surface area contributed by atoms with Gasteiger partial charge in [-0.05, 0) is 121 Å². The van der Waals surface area contributed by atoms with Crippen molar-refractivity contribution in [3.63, 3.8) is 0 Å². The molecule has 4 saturated heterocycles. The molecule has 1 aliphatic carbocycles. The number of anilines is 3. The summed E-state index contributed by atoms with van der Waals surface area (Å²) in [5.41, 5.74) is 7.92. The van der Waals surface area contributed by atoms with E-state index in [2.05, 4.69) is 44.2 Å². The van der Waals surface area contributed by atoms with Crippen LogP contribution in [0.25, 0.3) is 16.6 Å². The monoisotopic (exact) mass is 1870 g/mol. The molecule has 122 heavy (non-hydrogen) atoms. The number of pyridine rings is 1. The second kappa shape index (κ2) is 41.4. The first-order chi connectivity index (χ1) is 55.9. The van der Waals surface area contributed by atoms with Crippen LogP contribution >= 0.6 is 27.0 Å². The number of rotatable bonds is 25. The van der Waals surface area contributed by atoms with Gasteiger partial charge in [-0.15, -0.1) is 0 Å². The molecule has 38 nitrogen and oxygen atoms in total. The van der Waals surface area contributed by atoms with Crippen molar-refractivity contribution < 1.29 is 107 Å². The number of nitro benzene ring substituents is 3. The Balaban J connectivity index is 0.000000311. The van der Waals surface area contributed by atoms with Crippen LogP contribution in [0.1, 0.15) is 60.2 Å². The molecule has 0 spiro atoms. The summed E-state index contributed by atoms with van der Waals surface area (Å²) in [6, 6.07) is 21.1. The summed E-state index contributed by atoms with van der Waals surface area (Å²) in [4.78, 5) is 55.7. The Hall–Kier alpha value is -8.68.